The average molecular weight is 325 g/mol. The molecule has 1 unspecified atom stereocenters. The third-order valence-corrected chi connectivity index (χ3v) is 5.94. The van der Waals surface area contributed by atoms with Gasteiger partial charge in [-0.1, -0.05) is 6.92 Å². The maximum absolute atomic E-state index is 12.5. The van der Waals surface area contributed by atoms with E-state index in [1.807, 2.05) is 12.3 Å². The van der Waals surface area contributed by atoms with Crippen molar-refractivity contribution in [1.29, 1.82) is 0 Å². The Morgan fingerprint density at radius 2 is 1.95 bits per heavy atom. The zero-order valence-corrected chi connectivity index (χ0v) is 13.9. The molecule has 0 saturated carbocycles. The molecule has 0 aliphatic rings. The third kappa shape index (κ3) is 3.61. The number of hydrogen-bond donors (Lipinski definition) is 2. The first kappa shape index (κ1) is 15.9. The average Bonchev–Trinajstić information content (AvgIpc) is 2.88. The lowest BCUT2D eigenvalue weighted by Gasteiger charge is -2.15. The molecule has 0 saturated heterocycles. The molecule has 1 atom stereocenters. The first-order chi connectivity index (χ1) is 9.81. The third-order valence-electron chi connectivity index (χ3n) is 3.20. The van der Waals surface area contributed by atoms with Gasteiger partial charge in [0.25, 0.3) is 0 Å². The van der Waals surface area contributed by atoms with Gasteiger partial charge in [0.05, 0.1) is 9.90 Å². The predicted octanol–water partition coefficient (Wildman–Crippen LogP) is 2.42. The van der Waals surface area contributed by atoms with Crippen molar-refractivity contribution in [3.05, 3.63) is 39.8 Å². The van der Waals surface area contributed by atoms with Crippen molar-refractivity contribution < 1.29 is 8.42 Å². The largest absolute Gasteiger partial charge is 0.399 e. The fraction of sp³-hybridized carbons (Fsp3) is 0.357. The van der Waals surface area contributed by atoms with E-state index < -0.39 is 10.0 Å². The lowest BCUT2D eigenvalue weighted by atomic mass is 10.1. The molecule has 0 radical (unpaired) electrons. The van der Waals surface area contributed by atoms with Crippen LogP contribution in [0.5, 0.6) is 0 Å². The Bertz CT molecular complexity index is 702. The number of thiazole rings is 1. The Morgan fingerprint density at radius 3 is 2.48 bits per heavy atom. The minimum Gasteiger partial charge on any atom is -0.399 e. The minimum atomic E-state index is -3.55. The van der Waals surface area contributed by atoms with E-state index in [1.165, 1.54) is 11.3 Å². The summed E-state index contributed by atoms with van der Waals surface area (Å²) in [5.74, 6) is 0.0363. The molecule has 2 rings (SSSR count). The Kier molecular flexibility index (Phi) is 4.65. The summed E-state index contributed by atoms with van der Waals surface area (Å²) >= 11 is 1.52. The van der Waals surface area contributed by atoms with Crippen LogP contribution in [-0.4, -0.2) is 19.9 Å². The van der Waals surface area contributed by atoms with Crippen molar-refractivity contribution in [2.24, 2.45) is 0 Å². The molecule has 1 aromatic heterocycles. The smallest absolute Gasteiger partial charge is 0.241 e. The molecule has 1 heterocycles. The van der Waals surface area contributed by atoms with E-state index in [2.05, 4.69) is 9.71 Å². The number of aromatic nitrogens is 1. The van der Waals surface area contributed by atoms with Gasteiger partial charge in [-0.25, -0.2) is 18.1 Å². The van der Waals surface area contributed by atoms with Gasteiger partial charge in [-0.3, -0.25) is 0 Å². The number of nitrogens with one attached hydrogen (secondary N) is 1. The van der Waals surface area contributed by atoms with E-state index >= 15 is 0 Å². The molecule has 0 aliphatic carbocycles. The summed E-state index contributed by atoms with van der Waals surface area (Å²) < 4.78 is 27.6. The van der Waals surface area contributed by atoms with Crippen LogP contribution in [0.25, 0.3) is 0 Å². The first-order valence-corrected chi connectivity index (χ1v) is 8.93. The predicted molar refractivity (Wildman–Crippen MR) is 86.0 cm³/mol. The second-order valence-corrected chi connectivity index (χ2v) is 7.74. The summed E-state index contributed by atoms with van der Waals surface area (Å²) in [6.45, 7) is 5.77. The topological polar surface area (TPSA) is 85.1 Å². The molecular weight excluding hydrogens is 306 g/mol. The highest BCUT2D eigenvalue weighted by molar-refractivity contribution is 7.89. The van der Waals surface area contributed by atoms with Crippen molar-refractivity contribution >= 4 is 27.0 Å². The Labute approximate surface area is 129 Å². The van der Waals surface area contributed by atoms with E-state index in [1.54, 1.807) is 32.2 Å². The fourth-order valence-corrected chi connectivity index (χ4v) is 4.56. The van der Waals surface area contributed by atoms with Crippen molar-refractivity contribution in [2.75, 3.05) is 12.3 Å². The van der Waals surface area contributed by atoms with Crippen LogP contribution in [0.15, 0.2) is 28.6 Å². The number of aryl methyl sites for hydroxylation is 2. The first-order valence-electron chi connectivity index (χ1n) is 6.57. The van der Waals surface area contributed by atoms with Crippen LogP contribution in [-0.2, 0) is 10.0 Å². The maximum Gasteiger partial charge on any atom is 0.241 e. The van der Waals surface area contributed by atoms with E-state index in [9.17, 15) is 8.42 Å². The molecule has 21 heavy (non-hydrogen) atoms. The van der Waals surface area contributed by atoms with Crippen molar-refractivity contribution in [2.45, 2.75) is 31.6 Å². The highest BCUT2D eigenvalue weighted by Gasteiger charge is 2.21. The molecule has 0 aliphatic heterocycles. The molecular formula is C14H19N3O2S2. The summed E-state index contributed by atoms with van der Waals surface area (Å²) in [6.07, 6.45) is 1.72. The molecule has 7 heteroatoms. The van der Waals surface area contributed by atoms with E-state index in [0.717, 1.165) is 5.01 Å². The number of nitrogen functional groups attached to an aromatic ring is 1. The minimum absolute atomic E-state index is 0.0363. The van der Waals surface area contributed by atoms with Crippen LogP contribution in [0.4, 0.5) is 5.69 Å². The molecule has 3 N–H and O–H groups in total. The van der Waals surface area contributed by atoms with Crippen molar-refractivity contribution in [3.8, 4) is 0 Å². The summed E-state index contributed by atoms with van der Waals surface area (Å²) in [4.78, 5) is 4.51. The SMILES string of the molecule is Cc1cc(N)cc(C)c1S(=O)(=O)NCC(C)c1nccs1. The van der Waals surface area contributed by atoms with Gasteiger partial charge in [-0.2, -0.15) is 0 Å². The fourth-order valence-electron chi connectivity index (χ4n) is 2.28. The normalized spacial score (nSPS) is 13.3. The number of hydrogen-bond acceptors (Lipinski definition) is 5. The maximum atomic E-state index is 12.5. The molecule has 5 nitrogen and oxygen atoms in total. The van der Waals surface area contributed by atoms with E-state index in [4.69, 9.17) is 5.73 Å². The Hall–Kier alpha value is -1.44. The van der Waals surface area contributed by atoms with Gasteiger partial charge in [0.1, 0.15) is 0 Å². The lowest BCUT2D eigenvalue weighted by molar-refractivity contribution is 0.573. The Balaban J connectivity index is 2.20. The van der Waals surface area contributed by atoms with Gasteiger partial charge in [0, 0.05) is 29.7 Å². The number of benzene rings is 1. The lowest BCUT2D eigenvalue weighted by Crippen LogP contribution is -2.29. The van der Waals surface area contributed by atoms with Gasteiger partial charge in [-0.05, 0) is 37.1 Å². The van der Waals surface area contributed by atoms with Gasteiger partial charge in [0.2, 0.25) is 10.0 Å². The second-order valence-electron chi connectivity index (χ2n) is 5.11. The summed E-state index contributed by atoms with van der Waals surface area (Å²) in [6, 6.07) is 3.34. The Morgan fingerprint density at radius 1 is 1.33 bits per heavy atom. The highest BCUT2D eigenvalue weighted by Crippen LogP contribution is 2.24. The van der Waals surface area contributed by atoms with E-state index in [0.29, 0.717) is 28.3 Å². The summed E-state index contributed by atoms with van der Waals surface area (Å²) in [5, 5.41) is 2.80. The zero-order valence-electron chi connectivity index (χ0n) is 12.3. The van der Waals surface area contributed by atoms with Crippen molar-refractivity contribution in [1.82, 2.24) is 9.71 Å². The summed E-state index contributed by atoms with van der Waals surface area (Å²) in [7, 11) is -3.55. The number of nitrogens with two attached hydrogens (primary N) is 1. The molecule has 0 bridgehead atoms. The van der Waals surface area contributed by atoms with Gasteiger partial charge >= 0.3 is 0 Å². The number of sulfonamides is 1. The molecule has 0 spiro atoms. The summed E-state index contributed by atoms with van der Waals surface area (Å²) in [5.41, 5.74) is 7.61. The van der Waals surface area contributed by atoms with Crippen LogP contribution in [0.3, 0.4) is 0 Å². The standard InChI is InChI=1S/C14H19N3O2S2/c1-9-6-12(15)7-10(2)13(9)21(18,19)17-8-11(3)14-16-4-5-20-14/h4-7,11,17H,8,15H2,1-3H3. The highest BCUT2D eigenvalue weighted by atomic mass is 32.2. The van der Waals surface area contributed by atoms with Crippen LogP contribution in [0.1, 0.15) is 29.0 Å². The van der Waals surface area contributed by atoms with Crippen LogP contribution >= 0.6 is 11.3 Å². The number of anilines is 1. The van der Waals surface area contributed by atoms with Gasteiger partial charge < -0.3 is 5.73 Å². The second kappa shape index (κ2) is 6.13. The van der Waals surface area contributed by atoms with Crippen molar-refractivity contribution in [3.63, 3.8) is 0 Å². The molecule has 1 aromatic carbocycles. The number of rotatable bonds is 5. The van der Waals surface area contributed by atoms with E-state index in [-0.39, 0.29) is 5.92 Å². The molecule has 0 fully saturated rings. The molecule has 2 aromatic rings. The monoisotopic (exact) mass is 325 g/mol. The van der Waals surface area contributed by atoms with Crippen LogP contribution < -0.4 is 10.5 Å². The van der Waals surface area contributed by atoms with Gasteiger partial charge in [0.15, 0.2) is 0 Å². The zero-order chi connectivity index (χ0) is 15.6. The number of nitrogens with zero attached hydrogens (tertiary/aromatic N) is 1. The molecule has 114 valence electrons. The van der Waals surface area contributed by atoms with Crippen LogP contribution in [0, 0.1) is 13.8 Å². The molecule has 0 amide bonds. The quantitative estimate of drug-likeness (QED) is 0.827. The van der Waals surface area contributed by atoms with Crippen LogP contribution in [0.2, 0.25) is 0 Å². The van der Waals surface area contributed by atoms with Gasteiger partial charge in [-0.15, -0.1) is 11.3 Å².